The third-order valence-electron chi connectivity index (χ3n) is 3.22. The van der Waals surface area contributed by atoms with Crippen LogP contribution in [0.3, 0.4) is 0 Å². The number of benzene rings is 1. The summed E-state index contributed by atoms with van der Waals surface area (Å²) >= 11 is 0. The Bertz CT molecular complexity index is 555. The molecule has 4 nitrogen and oxygen atoms in total. The fourth-order valence-corrected chi connectivity index (χ4v) is 1.98. The maximum atomic E-state index is 9.17. The highest BCUT2D eigenvalue weighted by molar-refractivity contribution is 6.00. The molecule has 0 bridgehead atoms. The van der Waals surface area contributed by atoms with Crippen LogP contribution in [0, 0.1) is 0 Å². The van der Waals surface area contributed by atoms with E-state index in [-0.39, 0.29) is 0 Å². The second-order valence-electron chi connectivity index (χ2n) is 4.35. The van der Waals surface area contributed by atoms with Crippen molar-refractivity contribution in [1.29, 1.82) is 0 Å². The summed E-state index contributed by atoms with van der Waals surface area (Å²) in [6.07, 6.45) is 5.11. The van der Waals surface area contributed by atoms with E-state index in [0.717, 1.165) is 29.4 Å². The number of furan rings is 1. The van der Waals surface area contributed by atoms with Gasteiger partial charge >= 0.3 is 0 Å². The van der Waals surface area contributed by atoms with Gasteiger partial charge in [0.15, 0.2) is 5.84 Å². The largest absolute Gasteiger partial charge is 0.464 e. The fourth-order valence-electron chi connectivity index (χ4n) is 1.98. The molecule has 0 aliphatic heterocycles. The summed E-state index contributed by atoms with van der Waals surface area (Å²) in [6, 6.07) is 7.99. The van der Waals surface area contributed by atoms with Gasteiger partial charge in [-0.15, -0.1) is 0 Å². The maximum absolute atomic E-state index is 9.17. The molecule has 1 aliphatic rings. The summed E-state index contributed by atoms with van der Waals surface area (Å²) in [5, 5.41) is 10.2. The molecule has 1 heterocycles. The average Bonchev–Trinajstić information content (AvgIpc) is 2.75. The predicted octanol–water partition coefficient (Wildman–Crippen LogP) is 2.71. The molecule has 3 rings (SSSR count). The normalized spacial score (nSPS) is 17.1. The van der Waals surface area contributed by atoms with Crippen LogP contribution in [-0.2, 0) is 0 Å². The number of amidine groups is 1. The van der Waals surface area contributed by atoms with Gasteiger partial charge in [0.25, 0.3) is 0 Å². The monoisotopic (exact) mass is 230 g/mol. The highest BCUT2D eigenvalue weighted by Crippen LogP contribution is 2.23. The van der Waals surface area contributed by atoms with Crippen LogP contribution in [0.1, 0.15) is 24.8 Å². The van der Waals surface area contributed by atoms with Crippen LogP contribution in [0.25, 0.3) is 11.0 Å². The van der Waals surface area contributed by atoms with Gasteiger partial charge in [0.05, 0.1) is 12.3 Å². The van der Waals surface area contributed by atoms with Crippen molar-refractivity contribution in [2.45, 2.75) is 25.3 Å². The van der Waals surface area contributed by atoms with Crippen molar-refractivity contribution in [3.63, 3.8) is 0 Å². The Morgan fingerprint density at radius 1 is 1.35 bits per heavy atom. The highest BCUT2D eigenvalue weighted by Gasteiger charge is 2.17. The third-order valence-corrected chi connectivity index (χ3v) is 3.22. The van der Waals surface area contributed by atoms with Crippen molar-refractivity contribution in [3.8, 4) is 0 Å². The van der Waals surface area contributed by atoms with Gasteiger partial charge in [-0.05, 0) is 43.5 Å². The number of nitrogens with zero attached hydrogens (tertiary/aromatic N) is 1. The molecule has 0 radical (unpaired) electrons. The lowest BCUT2D eigenvalue weighted by Crippen LogP contribution is -2.25. The van der Waals surface area contributed by atoms with Crippen LogP contribution >= 0.6 is 0 Å². The molecule has 1 fully saturated rings. The van der Waals surface area contributed by atoms with E-state index in [9.17, 15) is 0 Å². The zero-order valence-electron chi connectivity index (χ0n) is 9.39. The van der Waals surface area contributed by atoms with Crippen molar-refractivity contribution in [3.05, 3.63) is 36.1 Å². The average molecular weight is 230 g/mol. The first kappa shape index (κ1) is 10.4. The summed E-state index contributed by atoms with van der Waals surface area (Å²) in [5.41, 5.74) is 3.92. The summed E-state index contributed by atoms with van der Waals surface area (Å²) < 4.78 is 5.28. The molecule has 2 aromatic rings. The summed E-state index contributed by atoms with van der Waals surface area (Å²) in [6.45, 7) is 0. The molecule has 88 valence electrons. The molecule has 0 amide bonds. The van der Waals surface area contributed by atoms with E-state index >= 15 is 0 Å². The number of nitrogens with one attached hydrogen (secondary N) is 1. The lowest BCUT2D eigenvalue weighted by molar-refractivity contribution is 0.233. The number of aliphatic imine (C=N–C) groups is 1. The van der Waals surface area contributed by atoms with Gasteiger partial charge in [-0.25, -0.2) is 0 Å². The molecular formula is C13H14N2O2. The van der Waals surface area contributed by atoms with Crippen molar-refractivity contribution in [2.75, 3.05) is 0 Å². The van der Waals surface area contributed by atoms with Crippen molar-refractivity contribution in [1.82, 2.24) is 5.48 Å². The van der Waals surface area contributed by atoms with Gasteiger partial charge in [0.2, 0.25) is 0 Å². The Morgan fingerprint density at radius 3 is 2.94 bits per heavy atom. The van der Waals surface area contributed by atoms with Gasteiger partial charge < -0.3 is 4.42 Å². The standard InChI is InChI=1S/C13H14N2O2/c16-15-13(14-11-2-1-3-11)10-4-5-12-9(8-10)6-7-17-12/h4-8,11,16H,1-3H2,(H,14,15). The first-order chi connectivity index (χ1) is 8.36. The van der Waals surface area contributed by atoms with E-state index < -0.39 is 0 Å². The molecule has 4 heteroatoms. The van der Waals surface area contributed by atoms with Gasteiger partial charge in [0.1, 0.15) is 5.58 Å². The van der Waals surface area contributed by atoms with E-state index in [1.54, 1.807) is 6.26 Å². The predicted molar refractivity (Wildman–Crippen MR) is 65.3 cm³/mol. The summed E-state index contributed by atoms with van der Waals surface area (Å²) in [4.78, 5) is 4.49. The molecule has 1 saturated carbocycles. The molecule has 17 heavy (non-hydrogen) atoms. The Hall–Kier alpha value is -1.81. The third kappa shape index (κ3) is 1.91. The molecule has 1 aliphatic carbocycles. The van der Waals surface area contributed by atoms with Crippen LogP contribution in [0.2, 0.25) is 0 Å². The Kier molecular flexibility index (Phi) is 2.57. The Morgan fingerprint density at radius 2 is 2.24 bits per heavy atom. The fraction of sp³-hybridized carbons (Fsp3) is 0.308. The molecule has 0 spiro atoms. The second-order valence-corrected chi connectivity index (χ2v) is 4.35. The van der Waals surface area contributed by atoms with Gasteiger partial charge in [-0.1, -0.05) is 0 Å². The summed E-state index contributed by atoms with van der Waals surface area (Å²) in [5.74, 6) is 0.540. The number of fused-ring (bicyclic) bond motifs is 1. The van der Waals surface area contributed by atoms with E-state index in [1.165, 1.54) is 6.42 Å². The molecule has 1 aromatic carbocycles. The maximum Gasteiger partial charge on any atom is 0.152 e. The van der Waals surface area contributed by atoms with Crippen LogP contribution in [0.15, 0.2) is 39.9 Å². The molecular weight excluding hydrogens is 216 g/mol. The molecule has 0 saturated heterocycles. The molecule has 2 N–H and O–H groups in total. The number of hydrogen-bond acceptors (Lipinski definition) is 3. The first-order valence-electron chi connectivity index (χ1n) is 5.82. The number of rotatable bonds is 2. The van der Waals surface area contributed by atoms with Gasteiger partial charge in [0, 0.05) is 10.9 Å². The Balaban J connectivity index is 1.96. The van der Waals surface area contributed by atoms with E-state index in [4.69, 9.17) is 9.62 Å². The zero-order valence-corrected chi connectivity index (χ0v) is 9.39. The van der Waals surface area contributed by atoms with Gasteiger partial charge in [-0.2, -0.15) is 0 Å². The van der Waals surface area contributed by atoms with Crippen molar-refractivity contribution in [2.24, 2.45) is 4.99 Å². The zero-order chi connectivity index (χ0) is 11.7. The van der Waals surface area contributed by atoms with Gasteiger partial charge in [-0.3, -0.25) is 15.7 Å². The topological polar surface area (TPSA) is 57.8 Å². The van der Waals surface area contributed by atoms with Crippen LogP contribution in [-0.4, -0.2) is 17.1 Å². The van der Waals surface area contributed by atoms with Crippen LogP contribution < -0.4 is 5.48 Å². The lowest BCUT2D eigenvalue weighted by atomic mass is 9.94. The number of hydrogen-bond donors (Lipinski definition) is 2. The van der Waals surface area contributed by atoms with E-state index in [1.807, 2.05) is 24.3 Å². The minimum atomic E-state index is 0.352. The second kappa shape index (κ2) is 4.22. The Labute approximate surface area is 98.9 Å². The lowest BCUT2D eigenvalue weighted by Gasteiger charge is -2.22. The van der Waals surface area contributed by atoms with E-state index in [2.05, 4.69) is 10.5 Å². The van der Waals surface area contributed by atoms with E-state index in [0.29, 0.717) is 11.9 Å². The minimum absolute atomic E-state index is 0.352. The highest BCUT2D eigenvalue weighted by atomic mass is 16.5. The molecule has 1 aromatic heterocycles. The van der Waals surface area contributed by atoms with Crippen LogP contribution in [0.5, 0.6) is 0 Å². The first-order valence-corrected chi connectivity index (χ1v) is 5.82. The number of hydroxylamine groups is 1. The van der Waals surface area contributed by atoms with Crippen molar-refractivity contribution < 1.29 is 9.62 Å². The summed E-state index contributed by atoms with van der Waals surface area (Å²) in [7, 11) is 0. The van der Waals surface area contributed by atoms with Crippen LogP contribution in [0.4, 0.5) is 0 Å². The quantitative estimate of drug-likeness (QED) is 0.474. The molecule has 0 atom stereocenters. The minimum Gasteiger partial charge on any atom is -0.464 e. The van der Waals surface area contributed by atoms with Crippen molar-refractivity contribution >= 4 is 16.8 Å². The smallest absolute Gasteiger partial charge is 0.152 e. The molecule has 0 unspecified atom stereocenters. The SMILES string of the molecule is ONC(=NC1CCC1)c1ccc2occc2c1.